The van der Waals surface area contributed by atoms with Crippen molar-refractivity contribution in [3.63, 3.8) is 0 Å². The van der Waals surface area contributed by atoms with Gasteiger partial charge in [0.15, 0.2) is 0 Å². The van der Waals surface area contributed by atoms with E-state index < -0.39 is 0 Å². The van der Waals surface area contributed by atoms with E-state index in [4.69, 9.17) is 4.74 Å². The van der Waals surface area contributed by atoms with Crippen molar-refractivity contribution >= 4 is 34.7 Å². The second kappa shape index (κ2) is 9.32. The number of amides is 1. The van der Waals surface area contributed by atoms with Gasteiger partial charge in [0.05, 0.1) is 6.21 Å². The van der Waals surface area contributed by atoms with Crippen LogP contribution in [-0.4, -0.2) is 12.1 Å². The molecule has 0 radical (unpaired) electrons. The summed E-state index contributed by atoms with van der Waals surface area (Å²) in [5.41, 5.74) is 6.09. The molecule has 0 fully saturated rings. The third-order valence-electron chi connectivity index (χ3n) is 3.97. The standard InChI is InChI=1S/C22H19IN2O2/c1-16-4-2-3-5-21(16)22(26)25-24-14-17-8-12-20(13-9-17)27-15-18-6-10-19(23)11-7-18/h2-14H,15H2,1H3,(H,25,26)/b24-14+. The summed E-state index contributed by atoms with van der Waals surface area (Å²) in [6.45, 7) is 2.42. The molecule has 1 amide bonds. The summed E-state index contributed by atoms with van der Waals surface area (Å²) in [4.78, 5) is 12.1. The zero-order chi connectivity index (χ0) is 19.1. The lowest BCUT2D eigenvalue weighted by Gasteiger charge is -2.06. The van der Waals surface area contributed by atoms with Crippen LogP contribution in [0.5, 0.6) is 5.75 Å². The summed E-state index contributed by atoms with van der Waals surface area (Å²) in [5.74, 6) is 0.566. The molecule has 3 aromatic rings. The molecule has 136 valence electrons. The molecule has 1 N–H and O–H groups in total. The predicted octanol–water partition coefficient (Wildman–Crippen LogP) is 4.94. The molecule has 5 heteroatoms. The van der Waals surface area contributed by atoms with Crippen molar-refractivity contribution in [3.05, 3.63) is 98.6 Å². The number of hydrogen-bond acceptors (Lipinski definition) is 3. The third kappa shape index (κ3) is 5.65. The van der Waals surface area contributed by atoms with Crippen LogP contribution in [0.3, 0.4) is 0 Å². The number of hydrogen-bond donors (Lipinski definition) is 1. The van der Waals surface area contributed by atoms with Gasteiger partial charge in [-0.3, -0.25) is 4.79 Å². The van der Waals surface area contributed by atoms with E-state index in [1.165, 1.54) is 3.57 Å². The molecule has 0 saturated carbocycles. The number of halogens is 1. The summed E-state index contributed by atoms with van der Waals surface area (Å²) >= 11 is 2.28. The first-order valence-corrected chi connectivity index (χ1v) is 9.56. The first-order chi connectivity index (χ1) is 13.1. The van der Waals surface area contributed by atoms with Gasteiger partial charge in [0, 0.05) is 9.13 Å². The van der Waals surface area contributed by atoms with Crippen LogP contribution < -0.4 is 10.2 Å². The molecule has 3 rings (SSSR count). The van der Waals surface area contributed by atoms with Crippen LogP contribution in [0.4, 0.5) is 0 Å². The molecule has 27 heavy (non-hydrogen) atoms. The van der Waals surface area contributed by atoms with Crippen LogP contribution in [0.1, 0.15) is 27.0 Å². The third-order valence-corrected chi connectivity index (χ3v) is 4.69. The van der Waals surface area contributed by atoms with Crippen LogP contribution in [0.15, 0.2) is 77.9 Å². The number of rotatable bonds is 6. The number of carbonyl (C=O) groups excluding carboxylic acids is 1. The molecule has 0 aliphatic rings. The van der Waals surface area contributed by atoms with Gasteiger partial charge in [-0.2, -0.15) is 5.10 Å². The topological polar surface area (TPSA) is 50.7 Å². The van der Waals surface area contributed by atoms with Gasteiger partial charge in [-0.05, 0) is 88.7 Å². The van der Waals surface area contributed by atoms with Gasteiger partial charge in [0.25, 0.3) is 5.91 Å². The number of nitrogens with one attached hydrogen (secondary N) is 1. The monoisotopic (exact) mass is 470 g/mol. The quantitative estimate of drug-likeness (QED) is 0.315. The van der Waals surface area contributed by atoms with Crippen molar-refractivity contribution in [2.45, 2.75) is 13.5 Å². The van der Waals surface area contributed by atoms with Crippen LogP contribution in [0.25, 0.3) is 0 Å². The minimum atomic E-state index is -0.221. The molecule has 3 aromatic carbocycles. The average Bonchev–Trinajstić information content (AvgIpc) is 2.69. The number of benzene rings is 3. The highest BCUT2D eigenvalue weighted by Crippen LogP contribution is 2.14. The number of hydrazone groups is 1. The Kier molecular flexibility index (Phi) is 6.59. The molecule has 0 aliphatic carbocycles. The molecule has 4 nitrogen and oxygen atoms in total. The van der Waals surface area contributed by atoms with Crippen LogP contribution in [-0.2, 0) is 6.61 Å². The maximum atomic E-state index is 12.1. The second-order valence-corrected chi connectivity index (χ2v) is 7.24. The average molecular weight is 470 g/mol. The summed E-state index contributed by atoms with van der Waals surface area (Å²) in [5, 5.41) is 4.02. The van der Waals surface area contributed by atoms with E-state index in [9.17, 15) is 4.79 Å². The Morgan fingerprint density at radius 2 is 1.74 bits per heavy atom. The van der Waals surface area contributed by atoms with Gasteiger partial charge in [0.1, 0.15) is 12.4 Å². The van der Waals surface area contributed by atoms with E-state index in [0.29, 0.717) is 12.2 Å². The highest BCUT2D eigenvalue weighted by molar-refractivity contribution is 14.1. The van der Waals surface area contributed by atoms with Crippen LogP contribution >= 0.6 is 22.6 Å². The van der Waals surface area contributed by atoms with Crippen molar-refractivity contribution in [2.75, 3.05) is 0 Å². The molecule has 0 heterocycles. The van der Waals surface area contributed by atoms with Gasteiger partial charge >= 0.3 is 0 Å². The number of carbonyl (C=O) groups is 1. The normalized spacial score (nSPS) is 10.7. The lowest BCUT2D eigenvalue weighted by Crippen LogP contribution is -2.18. The van der Waals surface area contributed by atoms with Crippen molar-refractivity contribution in [2.24, 2.45) is 5.10 Å². The molecule has 0 aromatic heterocycles. The molecule has 0 spiro atoms. The Labute approximate surface area is 172 Å². The zero-order valence-electron chi connectivity index (χ0n) is 14.9. The first kappa shape index (κ1) is 19.1. The number of nitrogens with zero attached hydrogens (tertiary/aromatic N) is 1. The van der Waals surface area contributed by atoms with E-state index in [0.717, 1.165) is 22.4 Å². The molecule has 0 atom stereocenters. The molecular formula is C22H19IN2O2. The minimum absolute atomic E-state index is 0.221. The highest BCUT2D eigenvalue weighted by Gasteiger charge is 2.06. The largest absolute Gasteiger partial charge is 0.489 e. The summed E-state index contributed by atoms with van der Waals surface area (Å²) in [7, 11) is 0. The van der Waals surface area contributed by atoms with Gasteiger partial charge < -0.3 is 4.74 Å². The highest BCUT2D eigenvalue weighted by atomic mass is 127. The number of ether oxygens (including phenoxy) is 1. The van der Waals surface area contributed by atoms with Crippen molar-refractivity contribution < 1.29 is 9.53 Å². The van der Waals surface area contributed by atoms with Crippen molar-refractivity contribution in [1.82, 2.24) is 5.43 Å². The van der Waals surface area contributed by atoms with E-state index in [1.807, 2.05) is 49.4 Å². The summed E-state index contributed by atoms with van der Waals surface area (Å²) in [6, 6.07) is 23.2. The molecule has 0 saturated heterocycles. The zero-order valence-corrected chi connectivity index (χ0v) is 17.0. The van der Waals surface area contributed by atoms with E-state index in [2.05, 4.69) is 57.4 Å². The van der Waals surface area contributed by atoms with Crippen LogP contribution in [0.2, 0.25) is 0 Å². The Hall–Kier alpha value is -2.67. The molecule has 0 bridgehead atoms. The number of aryl methyl sites for hydroxylation is 1. The Morgan fingerprint density at radius 1 is 1.04 bits per heavy atom. The second-order valence-electron chi connectivity index (χ2n) is 6.00. The molecule has 0 aliphatic heterocycles. The summed E-state index contributed by atoms with van der Waals surface area (Å²) in [6.07, 6.45) is 1.61. The lowest BCUT2D eigenvalue weighted by molar-refractivity contribution is 0.0954. The van der Waals surface area contributed by atoms with Crippen molar-refractivity contribution in [1.29, 1.82) is 0 Å². The van der Waals surface area contributed by atoms with Gasteiger partial charge in [-0.15, -0.1) is 0 Å². The van der Waals surface area contributed by atoms with E-state index in [-0.39, 0.29) is 5.91 Å². The van der Waals surface area contributed by atoms with Crippen molar-refractivity contribution in [3.8, 4) is 5.75 Å². The summed E-state index contributed by atoms with van der Waals surface area (Å²) < 4.78 is 6.99. The minimum Gasteiger partial charge on any atom is -0.489 e. The smallest absolute Gasteiger partial charge is 0.271 e. The van der Waals surface area contributed by atoms with E-state index >= 15 is 0 Å². The van der Waals surface area contributed by atoms with Gasteiger partial charge in [0.2, 0.25) is 0 Å². The fourth-order valence-corrected chi connectivity index (χ4v) is 2.81. The maximum Gasteiger partial charge on any atom is 0.271 e. The Bertz CT molecular complexity index is 935. The van der Waals surface area contributed by atoms with Gasteiger partial charge in [-0.25, -0.2) is 5.43 Å². The van der Waals surface area contributed by atoms with Crippen LogP contribution in [0, 0.1) is 10.5 Å². The Morgan fingerprint density at radius 3 is 2.44 bits per heavy atom. The maximum absolute atomic E-state index is 12.1. The molecule has 0 unspecified atom stereocenters. The molecular weight excluding hydrogens is 451 g/mol. The lowest BCUT2D eigenvalue weighted by atomic mass is 10.1. The first-order valence-electron chi connectivity index (χ1n) is 8.48. The van der Waals surface area contributed by atoms with E-state index in [1.54, 1.807) is 12.3 Å². The SMILES string of the molecule is Cc1ccccc1C(=O)N/N=C/c1ccc(OCc2ccc(I)cc2)cc1. The predicted molar refractivity (Wildman–Crippen MR) is 116 cm³/mol. The Balaban J connectivity index is 1.52. The fourth-order valence-electron chi connectivity index (χ4n) is 2.45. The van der Waals surface area contributed by atoms with Gasteiger partial charge in [-0.1, -0.05) is 30.3 Å². The fraction of sp³-hybridized carbons (Fsp3) is 0.0909.